The van der Waals surface area contributed by atoms with E-state index in [1.807, 2.05) is 0 Å². The van der Waals surface area contributed by atoms with Gasteiger partial charge in [0.05, 0.1) is 18.8 Å². The molecule has 0 heterocycles. The minimum absolute atomic E-state index is 0.368. The van der Waals surface area contributed by atoms with E-state index in [-0.39, 0.29) is 0 Å². The van der Waals surface area contributed by atoms with Crippen molar-refractivity contribution < 1.29 is 25.2 Å². The molecule has 0 aromatic heterocycles. The number of aliphatic hydroxyl groups is 4. The van der Waals surface area contributed by atoms with Crippen molar-refractivity contribution in [3.63, 3.8) is 0 Å². The van der Waals surface area contributed by atoms with Gasteiger partial charge in [0, 0.05) is 0 Å². The van der Waals surface area contributed by atoms with E-state index in [0.717, 1.165) is 38.5 Å². The number of carbonyl (C=O) groups is 1. The Bertz CT molecular complexity index is 806. The van der Waals surface area contributed by atoms with Crippen LogP contribution in [0.5, 0.6) is 0 Å². The number of hydrogen-bond donors (Lipinski definition) is 5. The van der Waals surface area contributed by atoms with Crippen molar-refractivity contribution in [2.45, 2.75) is 295 Å². The van der Waals surface area contributed by atoms with E-state index < -0.39 is 36.9 Å². The summed E-state index contributed by atoms with van der Waals surface area (Å²) in [6.07, 6.45) is 51.4. The number of nitrogens with one attached hydrogen (secondary N) is 1. The van der Waals surface area contributed by atoms with Gasteiger partial charge >= 0.3 is 0 Å². The maximum absolute atomic E-state index is 12.5. The van der Waals surface area contributed by atoms with Gasteiger partial charge in [-0.2, -0.15) is 0 Å². The lowest BCUT2D eigenvalue weighted by atomic mass is 10.00. The van der Waals surface area contributed by atoms with E-state index in [4.69, 9.17) is 0 Å². The van der Waals surface area contributed by atoms with Crippen molar-refractivity contribution in [2.24, 2.45) is 0 Å². The van der Waals surface area contributed by atoms with E-state index in [1.54, 1.807) is 0 Å². The number of unbranched alkanes of at least 4 members (excludes halogenated alkanes) is 35. The molecule has 0 saturated heterocycles. The Balaban J connectivity index is 3.56. The number of hydrogen-bond acceptors (Lipinski definition) is 5. The molecule has 0 aromatic carbocycles. The molecule has 0 fully saturated rings. The summed E-state index contributed by atoms with van der Waals surface area (Å²) in [5.74, 6) is -0.590. The second kappa shape index (κ2) is 45.1. The fourth-order valence-corrected chi connectivity index (χ4v) is 7.99. The van der Waals surface area contributed by atoms with Crippen LogP contribution >= 0.6 is 0 Å². The summed E-state index contributed by atoms with van der Waals surface area (Å²) in [5.41, 5.74) is 0. The van der Waals surface area contributed by atoms with Crippen molar-refractivity contribution in [2.75, 3.05) is 6.61 Å². The predicted molar refractivity (Wildman–Crippen MR) is 242 cm³/mol. The summed E-state index contributed by atoms with van der Waals surface area (Å²) in [7, 11) is 0. The van der Waals surface area contributed by atoms with Crippen LogP contribution < -0.4 is 5.32 Å². The molecule has 0 aliphatic carbocycles. The largest absolute Gasteiger partial charge is 0.394 e. The van der Waals surface area contributed by atoms with Gasteiger partial charge in [0.1, 0.15) is 12.2 Å². The molecule has 4 atom stereocenters. The lowest BCUT2D eigenvalue weighted by Gasteiger charge is -2.27. The molecule has 56 heavy (non-hydrogen) atoms. The first-order valence-corrected chi connectivity index (χ1v) is 25.1. The normalized spacial score (nSPS) is 14.0. The average molecular weight is 794 g/mol. The fraction of sp³-hybridized carbons (Fsp3) is 0.940. The predicted octanol–water partition coefficient (Wildman–Crippen LogP) is 13.7. The second-order valence-electron chi connectivity index (χ2n) is 17.5. The van der Waals surface area contributed by atoms with Crippen LogP contribution in [0.15, 0.2) is 12.2 Å². The molecular formula is C50H99NO5. The van der Waals surface area contributed by atoms with Crippen LogP contribution in [0, 0.1) is 0 Å². The highest BCUT2D eigenvalue weighted by Crippen LogP contribution is 2.17. The lowest BCUT2D eigenvalue weighted by Crippen LogP contribution is -2.53. The Morgan fingerprint density at radius 2 is 0.732 bits per heavy atom. The van der Waals surface area contributed by atoms with Crippen LogP contribution in [0.4, 0.5) is 0 Å². The summed E-state index contributed by atoms with van der Waals surface area (Å²) in [5, 5.41) is 43.6. The highest BCUT2D eigenvalue weighted by molar-refractivity contribution is 5.80. The molecule has 0 spiro atoms. The van der Waals surface area contributed by atoms with Crippen LogP contribution in [0.25, 0.3) is 0 Å². The summed E-state index contributed by atoms with van der Waals surface area (Å²) in [4.78, 5) is 12.5. The van der Waals surface area contributed by atoms with E-state index in [1.165, 1.54) is 205 Å². The minimum Gasteiger partial charge on any atom is -0.394 e. The standard InChI is InChI=1S/C50H99NO5/c1-3-5-7-9-11-13-15-16-17-18-19-20-21-22-23-24-25-26-27-28-29-30-31-32-34-36-38-40-42-44-48(54)50(56)51-46(45-52)49(55)47(53)43-41-39-37-35-33-14-12-10-8-6-4-2/h35,37,46-49,52-55H,3-34,36,38-45H2,1-2H3,(H,51,56)/b37-35+. The molecule has 0 aliphatic rings. The Morgan fingerprint density at radius 1 is 0.429 bits per heavy atom. The van der Waals surface area contributed by atoms with E-state index in [2.05, 4.69) is 31.3 Å². The maximum atomic E-state index is 12.5. The van der Waals surface area contributed by atoms with Crippen LogP contribution in [0.1, 0.15) is 271 Å². The van der Waals surface area contributed by atoms with Crippen molar-refractivity contribution in [3.8, 4) is 0 Å². The molecule has 0 bridgehead atoms. The molecule has 0 radical (unpaired) electrons. The number of aliphatic hydroxyl groups excluding tert-OH is 4. The molecule has 5 N–H and O–H groups in total. The van der Waals surface area contributed by atoms with Gasteiger partial charge in [0.2, 0.25) is 5.91 Å². The van der Waals surface area contributed by atoms with Crippen LogP contribution in [0.2, 0.25) is 0 Å². The zero-order chi connectivity index (χ0) is 41.0. The highest BCUT2D eigenvalue weighted by Gasteiger charge is 2.28. The van der Waals surface area contributed by atoms with Gasteiger partial charge in [-0.1, -0.05) is 244 Å². The van der Waals surface area contributed by atoms with E-state index >= 15 is 0 Å². The number of allylic oxidation sites excluding steroid dienone is 2. The van der Waals surface area contributed by atoms with Gasteiger partial charge < -0.3 is 25.7 Å². The zero-order valence-corrected chi connectivity index (χ0v) is 37.7. The van der Waals surface area contributed by atoms with Crippen molar-refractivity contribution in [1.29, 1.82) is 0 Å². The molecule has 0 saturated carbocycles. The first kappa shape index (κ1) is 55.0. The Kier molecular flexibility index (Phi) is 44.4. The third-order valence-corrected chi connectivity index (χ3v) is 12.0. The summed E-state index contributed by atoms with van der Waals surface area (Å²) >= 11 is 0. The maximum Gasteiger partial charge on any atom is 0.249 e. The third kappa shape index (κ3) is 38.6. The van der Waals surface area contributed by atoms with Crippen molar-refractivity contribution in [1.82, 2.24) is 5.32 Å². The monoisotopic (exact) mass is 794 g/mol. The molecule has 4 unspecified atom stereocenters. The number of rotatable bonds is 46. The number of amides is 1. The van der Waals surface area contributed by atoms with Crippen molar-refractivity contribution in [3.05, 3.63) is 12.2 Å². The van der Waals surface area contributed by atoms with Crippen LogP contribution in [-0.2, 0) is 4.79 Å². The Morgan fingerprint density at radius 3 is 1.07 bits per heavy atom. The molecule has 0 rings (SSSR count). The molecule has 6 nitrogen and oxygen atoms in total. The average Bonchev–Trinajstić information content (AvgIpc) is 3.20. The third-order valence-electron chi connectivity index (χ3n) is 12.0. The smallest absolute Gasteiger partial charge is 0.249 e. The lowest BCUT2D eigenvalue weighted by molar-refractivity contribution is -0.132. The molecule has 0 aromatic rings. The highest BCUT2D eigenvalue weighted by atomic mass is 16.3. The summed E-state index contributed by atoms with van der Waals surface area (Å²) in [6, 6.07) is -0.996. The van der Waals surface area contributed by atoms with Gasteiger partial charge in [-0.05, 0) is 38.5 Å². The Labute approximate surface area is 349 Å². The van der Waals surface area contributed by atoms with Gasteiger partial charge in [0.25, 0.3) is 0 Å². The van der Waals surface area contributed by atoms with Crippen LogP contribution in [-0.4, -0.2) is 57.3 Å². The van der Waals surface area contributed by atoms with Gasteiger partial charge in [-0.25, -0.2) is 0 Å². The van der Waals surface area contributed by atoms with Gasteiger partial charge in [0.15, 0.2) is 0 Å². The summed E-state index contributed by atoms with van der Waals surface area (Å²) < 4.78 is 0. The quantitative estimate of drug-likeness (QED) is 0.0311. The van der Waals surface area contributed by atoms with Crippen molar-refractivity contribution >= 4 is 5.91 Å². The van der Waals surface area contributed by atoms with E-state index in [0.29, 0.717) is 12.8 Å². The molecule has 6 heteroatoms. The zero-order valence-electron chi connectivity index (χ0n) is 37.7. The van der Waals surface area contributed by atoms with Gasteiger partial charge in [-0.15, -0.1) is 0 Å². The topological polar surface area (TPSA) is 110 Å². The molecular weight excluding hydrogens is 695 g/mol. The SMILES string of the molecule is CCCCCCCC/C=C/CCCC(O)C(O)C(CO)NC(=O)C(O)CCCCCCCCCCCCCCCCCCCCCCCCCCCCCCC. The van der Waals surface area contributed by atoms with Crippen LogP contribution in [0.3, 0.4) is 0 Å². The second-order valence-corrected chi connectivity index (χ2v) is 17.5. The molecule has 1 amide bonds. The molecule has 334 valence electrons. The molecule has 0 aliphatic heterocycles. The fourth-order valence-electron chi connectivity index (χ4n) is 7.99. The Hall–Kier alpha value is -0.950. The first-order chi connectivity index (χ1) is 27.5. The number of carbonyl (C=O) groups excluding carboxylic acids is 1. The summed E-state index contributed by atoms with van der Waals surface area (Å²) in [6.45, 7) is 4.04. The van der Waals surface area contributed by atoms with Gasteiger partial charge in [-0.3, -0.25) is 4.79 Å². The first-order valence-electron chi connectivity index (χ1n) is 25.1. The minimum atomic E-state index is -1.28. The van der Waals surface area contributed by atoms with E-state index in [9.17, 15) is 25.2 Å².